The van der Waals surface area contributed by atoms with E-state index in [4.69, 9.17) is 0 Å². The quantitative estimate of drug-likeness (QED) is 0.684. The van der Waals surface area contributed by atoms with E-state index in [1.807, 2.05) is 33.6 Å². The maximum atomic E-state index is 12.4. The third-order valence-electron chi connectivity index (χ3n) is 5.21. The van der Waals surface area contributed by atoms with Crippen molar-refractivity contribution in [2.24, 2.45) is 0 Å². The Kier molecular flexibility index (Phi) is 5.21. The molecule has 3 heterocycles. The van der Waals surface area contributed by atoms with Gasteiger partial charge in [0.05, 0.1) is 11.3 Å². The number of rotatable bonds is 4. The van der Waals surface area contributed by atoms with Crippen LogP contribution in [0.2, 0.25) is 0 Å². The van der Waals surface area contributed by atoms with Crippen LogP contribution < -0.4 is 5.32 Å². The van der Waals surface area contributed by atoms with Gasteiger partial charge < -0.3 is 10.2 Å². The molecule has 1 aliphatic rings. The van der Waals surface area contributed by atoms with Gasteiger partial charge in [0.2, 0.25) is 11.8 Å². The molecule has 0 radical (unpaired) electrons. The van der Waals surface area contributed by atoms with E-state index in [1.54, 1.807) is 6.92 Å². The molecule has 2 amide bonds. The molecule has 0 aliphatic carbocycles. The van der Waals surface area contributed by atoms with Crippen molar-refractivity contribution in [2.45, 2.75) is 37.9 Å². The summed E-state index contributed by atoms with van der Waals surface area (Å²) in [5.74, 6) is 0.372. The molecule has 4 rings (SSSR count). The molecule has 1 aliphatic heterocycles. The first-order chi connectivity index (χ1) is 13.5. The van der Waals surface area contributed by atoms with Crippen molar-refractivity contribution < 1.29 is 9.59 Å². The zero-order chi connectivity index (χ0) is 19.7. The molecular formula is C20H23N5O2S. The molecule has 28 heavy (non-hydrogen) atoms. The van der Waals surface area contributed by atoms with Crippen molar-refractivity contribution in [3.05, 3.63) is 35.9 Å². The molecule has 3 aromatic rings. The van der Waals surface area contributed by atoms with Crippen LogP contribution in [0.15, 0.2) is 35.5 Å². The van der Waals surface area contributed by atoms with Crippen molar-refractivity contribution in [3.63, 3.8) is 0 Å². The summed E-state index contributed by atoms with van der Waals surface area (Å²) in [6, 6.07) is 10.3. The number of carbonyl (C=O) groups is 2. The zero-order valence-corrected chi connectivity index (χ0v) is 16.8. The summed E-state index contributed by atoms with van der Waals surface area (Å²) in [5.41, 5.74) is 2.99. The molecule has 0 saturated carbocycles. The van der Waals surface area contributed by atoms with Gasteiger partial charge in [0.25, 0.3) is 0 Å². The molecule has 146 valence electrons. The van der Waals surface area contributed by atoms with E-state index in [9.17, 15) is 9.59 Å². The van der Waals surface area contributed by atoms with Crippen molar-refractivity contribution in [1.82, 2.24) is 24.8 Å². The normalized spacial score (nSPS) is 15.3. The lowest BCUT2D eigenvalue weighted by atomic mass is 10.1. The monoisotopic (exact) mass is 397 g/mol. The van der Waals surface area contributed by atoms with E-state index in [0.717, 1.165) is 35.0 Å². The minimum Gasteiger partial charge on any atom is -0.353 e. The highest BCUT2D eigenvalue weighted by Gasteiger charge is 2.22. The minimum absolute atomic E-state index is 0.0144. The van der Waals surface area contributed by atoms with Crippen LogP contribution in [-0.4, -0.2) is 56.2 Å². The van der Waals surface area contributed by atoms with Crippen LogP contribution in [0.1, 0.15) is 25.3 Å². The van der Waals surface area contributed by atoms with Gasteiger partial charge >= 0.3 is 0 Å². The van der Waals surface area contributed by atoms with Gasteiger partial charge in [0.1, 0.15) is 0 Å². The van der Waals surface area contributed by atoms with Crippen LogP contribution >= 0.6 is 11.8 Å². The number of nitrogens with zero attached hydrogens (tertiary/aromatic N) is 4. The zero-order valence-electron chi connectivity index (χ0n) is 16.0. The number of pyridine rings is 1. The number of likely N-dealkylation sites (tertiary alicyclic amines) is 1. The Morgan fingerprint density at radius 2 is 1.96 bits per heavy atom. The third kappa shape index (κ3) is 3.69. The van der Waals surface area contributed by atoms with Gasteiger partial charge in [-0.05, 0) is 37.5 Å². The Morgan fingerprint density at radius 1 is 1.21 bits per heavy atom. The molecule has 0 unspecified atom stereocenters. The fraction of sp³-hybridized carbons (Fsp3) is 0.400. The fourth-order valence-electron chi connectivity index (χ4n) is 3.71. The van der Waals surface area contributed by atoms with Crippen LogP contribution in [0.3, 0.4) is 0 Å². The second kappa shape index (κ2) is 7.79. The number of para-hydroxylation sites is 1. The van der Waals surface area contributed by atoms with Crippen LogP contribution in [0.4, 0.5) is 0 Å². The highest BCUT2D eigenvalue weighted by molar-refractivity contribution is 7.99. The van der Waals surface area contributed by atoms with Crippen molar-refractivity contribution in [2.75, 3.05) is 18.8 Å². The molecule has 1 N–H and O–H groups in total. The van der Waals surface area contributed by atoms with E-state index in [-0.39, 0.29) is 23.6 Å². The number of nitrogens with one attached hydrogen (secondary N) is 1. The topological polar surface area (TPSA) is 79.6 Å². The minimum atomic E-state index is -0.0144. The molecule has 1 fully saturated rings. The van der Waals surface area contributed by atoms with Gasteiger partial charge in [-0.25, -0.2) is 0 Å². The largest absolute Gasteiger partial charge is 0.353 e. The standard InChI is InChI=1S/C20H23N5O2S/c1-13-11-18-22-23-20(25(18)17-6-4-3-5-16(13)17)28-12-19(27)21-15-7-9-24(10-8-15)14(2)26/h3-6,11,15H,7-10,12H2,1-2H3,(H,21,27). The second-order valence-electron chi connectivity index (χ2n) is 7.16. The maximum Gasteiger partial charge on any atom is 0.230 e. The Morgan fingerprint density at radius 3 is 2.71 bits per heavy atom. The summed E-state index contributed by atoms with van der Waals surface area (Å²) < 4.78 is 2.01. The number of piperidine rings is 1. The Hall–Kier alpha value is -2.61. The van der Waals surface area contributed by atoms with E-state index in [0.29, 0.717) is 18.2 Å². The first kappa shape index (κ1) is 18.7. The van der Waals surface area contributed by atoms with Gasteiger partial charge in [0.15, 0.2) is 10.8 Å². The lowest BCUT2D eigenvalue weighted by Crippen LogP contribution is -2.46. The number of aryl methyl sites for hydroxylation is 1. The van der Waals surface area contributed by atoms with E-state index >= 15 is 0 Å². The summed E-state index contributed by atoms with van der Waals surface area (Å²) >= 11 is 1.39. The average molecular weight is 398 g/mol. The molecule has 0 atom stereocenters. The summed E-state index contributed by atoms with van der Waals surface area (Å²) in [6.07, 6.45) is 1.60. The van der Waals surface area contributed by atoms with Crippen molar-refractivity contribution >= 4 is 40.1 Å². The van der Waals surface area contributed by atoms with Crippen LogP contribution in [0.25, 0.3) is 16.6 Å². The maximum absolute atomic E-state index is 12.4. The third-order valence-corrected chi connectivity index (χ3v) is 6.14. The predicted molar refractivity (Wildman–Crippen MR) is 109 cm³/mol. The van der Waals surface area contributed by atoms with Crippen LogP contribution in [0, 0.1) is 6.92 Å². The number of benzene rings is 1. The highest BCUT2D eigenvalue weighted by Crippen LogP contribution is 2.25. The Balaban J connectivity index is 1.43. The first-order valence-electron chi connectivity index (χ1n) is 9.44. The van der Waals surface area contributed by atoms with Crippen molar-refractivity contribution in [1.29, 1.82) is 0 Å². The lowest BCUT2D eigenvalue weighted by molar-refractivity contribution is -0.130. The van der Waals surface area contributed by atoms with E-state index < -0.39 is 0 Å². The lowest BCUT2D eigenvalue weighted by Gasteiger charge is -2.31. The number of carbonyl (C=O) groups excluding carboxylic acids is 2. The smallest absolute Gasteiger partial charge is 0.230 e. The van der Waals surface area contributed by atoms with Crippen LogP contribution in [-0.2, 0) is 9.59 Å². The summed E-state index contributed by atoms with van der Waals surface area (Å²) in [4.78, 5) is 25.6. The summed E-state index contributed by atoms with van der Waals surface area (Å²) in [5, 5.41) is 13.5. The van der Waals surface area contributed by atoms with Gasteiger partial charge in [0, 0.05) is 31.4 Å². The molecule has 7 nitrogen and oxygen atoms in total. The van der Waals surface area contributed by atoms with Gasteiger partial charge in [-0.2, -0.15) is 0 Å². The fourth-order valence-corrected chi connectivity index (χ4v) is 4.47. The first-order valence-corrected chi connectivity index (χ1v) is 10.4. The Labute approximate surface area is 167 Å². The van der Waals surface area contributed by atoms with E-state index in [2.05, 4.69) is 28.5 Å². The number of hydrogen-bond donors (Lipinski definition) is 1. The number of thioether (sulfide) groups is 1. The van der Waals surface area contributed by atoms with E-state index in [1.165, 1.54) is 11.8 Å². The summed E-state index contributed by atoms with van der Waals surface area (Å²) in [7, 11) is 0. The molecule has 0 bridgehead atoms. The Bertz CT molecular complexity index is 1040. The van der Waals surface area contributed by atoms with Crippen molar-refractivity contribution in [3.8, 4) is 0 Å². The number of hydrogen-bond acceptors (Lipinski definition) is 5. The second-order valence-corrected chi connectivity index (χ2v) is 8.10. The number of aromatic nitrogens is 3. The number of fused-ring (bicyclic) bond motifs is 3. The molecule has 8 heteroatoms. The molecule has 0 spiro atoms. The summed E-state index contributed by atoms with van der Waals surface area (Å²) in [6.45, 7) is 5.06. The molecule has 1 saturated heterocycles. The molecule has 2 aromatic heterocycles. The highest BCUT2D eigenvalue weighted by atomic mass is 32.2. The SMILES string of the molecule is CC(=O)N1CCC(NC(=O)CSc2nnc3cc(C)c4ccccc4n23)CC1. The predicted octanol–water partition coefficient (Wildman–Crippen LogP) is 2.41. The number of amides is 2. The average Bonchev–Trinajstić information content (AvgIpc) is 3.10. The molecular weight excluding hydrogens is 374 g/mol. The van der Waals surface area contributed by atoms with Crippen LogP contribution in [0.5, 0.6) is 0 Å². The van der Waals surface area contributed by atoms with Gasteiger partial charge in [-0.3, -0.25) is 14.0 Å². The van der Waals surface area contributed by atoms with Gasteiger partial charge in [-0.15, -0.1) is 10.2 Å². The van der Waals surface area contributed by atoms with Gasteiger partial charge in [-0.1, -0.05) is 30.0 Å². The molecule has 1 aromatic carbocycles.